The number of alkyl halides is 3. The van der Waals surface area contributed by atoms with Crippen molar-refractivity contribution in [2.45, 2.75) is 38.5 Å². The predicted molar refractivity (Wildman–Crippen MR) is 55.2 cm³/mol. The van der Waals surface area contributed by atoms with Crippen LogP contribution in [0.2, 0.25) is 0 Å². The van der Waals surface area contributed by atoms with Crippen LogP contribution in [-0.2, 0) is 9.47 Å². The van der Waals surface area contributed by atoms with Gasteiger partial charge in [0.2, 0.25) is 0 Å². The minimum atomic E-state index is -4.25. The second kappa shape index (κ2) is 7.09. The zero-order valence-electron chi connectivity index (χ0n) is 9.77. The van der Waals surface area contributed by atoms with Gasteiger partial charge in [-0.05, 0) is 19.8 Å². The maximum absolute atomic E-state index is 11.7. The summed E-state index contributed by atoms with van der Waals surface area (Å²) in [5.74, 6) is 0. The Hall–Kier alpha value is -0.330. The molecule has 0 heterocycles. The van der Waals surface area contributed by atoms with E-state index in [9.17, 15) is 13.2 Å². The van der Waals surface area contributed by atoms with E-state index in [1.54, 1.807) is 0 Å². The third-order valence-electron chi connectivity index (χ3n) is 2.33. The quantitative estimate of drug-likeness (QED) is 0.664. The van der Waals surface area contributed by atoms with Crippen LogP contribution in [0.5, 0.6) is 0 Å². The Morgan fingerprint density at radius 2 is 1.81 bits per heavy atom. The smallest absolute Gasteiger partial charge is 0.374 e. The van der Waals surface area contributed by atoms with Crippen molar-refractivity contribution in [3.63, 3.8) is 0 Å². The third kappa shape index (κ3) is 7.90. The van der Waals surface area contributed by atoms with Gasteiger partial charge in [-0.2, -0.15) is 13.2 Å². The Labute approximate surface area is 94.1 Å². The van der Waals surface area contributed by atoms with E-state index in [0.717, 1.165) is 6.42 Å². The van der Waals surface area contributed by atoms with Crippen LogP contribution in [0.25, 0.3) is 0 Å². The number of hydrogen-bond donors (Lipinski definition) is 1. The van der Waals surface area contributed by atoms with Crippen LogP contribution >= 0.6 is 0 Å². The highest BCUT2D eigenvalue weighted by atomic mass is 19.4. The second-order valence-electron chi connectivity index (χ2n) is 3.88. The number of hydrogen-bond acceptors (Lipinski definition) is 3. The molecular formula is C10H20F3NO2. The Morgan fingerprint density at radius 3 is 2.25 bits per heavy atom. The van der Waals surface area contributed by atoms with Crippen LogP contribution in [0.1, 0.15) is 26.7 Å². The van der Waals surface area contributed by atoms with Gasteiger partial charge in [0.1, 0.15) is 6.61 Å². The molecule has 6 heteroatoms. The van der Waals surface area contributed by atoms with Gasteiger partial charge in [0, 0.05) is 19.8 Å². The summed E-state index contributed by atoms with van der Waals surface area (Å²) >= 11 is 0. The molecule has 0 radical (unpaired) electrons. The standard InChI is InChI=1S/C10H20F3NO2/c1-3-9(2,7-14)16-6-4-5-15-8-10(11,12)13/h3-8,14H2,1-2H3. The third-order valence-corrected chi connectivity index (χ3v) is 2.33. The summed E-state index contributed by atoms with van der Waals surface area (Å²) in [5, 5.41) is 0. The topological polar surface area (TPSA) is 44.5 Å². The van der Waals surface area contributed by atoms with Crippen molar-refractivity contribution in [3.8, 4) is 0 Å². The van der Waals surface area contributed by atoms with E-state index >= 15 is 0 Å². The first-order chi connectivity index (χ1) is 7.33. The van der Waals surface area contributed by atoms with Gasteiger partial charge in [-0.1, -0.05) is 6.92 Å². The molecule has 0 rings (SSSR count). The minimum Gasteiger partial charge on any atom is -0.374 e. The van der Waals surface area contributed by atoms with Crippen LogP contribution in [0.4, 0.5) is 13.2 Å². The van der Waals surface area contributed by atoms with Crippen molar-refractivity contribution in [1.29, 1.82) is 0 Å². The Balaban J connectivity index is 3.47. The summed E-state index contributed by atoms with van der Waals surface area (Å²) in [5.41, 5.74) is 5.13. The van der Waals surface area contributed by atoms with Crippen LogP contribution in [0.15, 0.2) is 0 Å². The summed E-state index contributed by atoms with van der Waals surface area (Å²) in [6.45, 7) is 3.43. The highest BCUT2D eigenvalue weighted by Crippen LogP contribution is 2.15. The monoisotopic (exact) mass is 243 g/mol. The van der Waals surface area contributed by atoms with Crippen LogP contribution < -0.4 is 5.73 Å². The average Bonchev–Trinajstić information content (AvgIpc) is 2.21. The van der Waals surface area contributed by atoms with Crippen molar-refractivity contribution in [1.82, 2.24) is 0 Å². The molecule has 1 atom stereocenters. The molecule has 0 aliphatic heterocycles. The number of rotatable bonds is 8. The first kappa shape index (κ1) is 15.7. The molecule has 0 aliphatic rings. The minimum absolute atomic E-state index is 0.0455. The predicted octanol–water partition coefficient (Wildman–Crippen LogP) is 2.10. The molecule has 1 unspecified atom stereocenters. The lowest BCUT2D eigenvalue weighted by Crippen LogP contribution is -2.37. The maximum atomic E-state index is 11.7. The summed E-state index contributed by atoms with van der Waals surface area (Å²) < 4.78 is 45.0. The molecule has 0 saturated heterocycles. The molecule has 0 bridgehead atoms. The van der Waals surface area contributed by atoms with E-state index in [2.05, 4.69) is 4.74 Å². The Bertz CT molecular complexity index is 181. The molecule has 0 saturated carbocycles. The molecule has 0 aromatic heterocycles. The summed E-state index contributed by atoms with van der Waals surface area (Å²) in [7, 11) is 0. The van der Waals surface area contributed by atoms with E-state index in [1.807, 2.05) is 13.8 Å². The molecule has 16 heavy (non-hydrogen) atoms. The van der Waals surface area contributed by atoms with Crippen molar-refractivity contribution in [2.24, 2.45) is 5.73 Å². The number of nitrogens with two attached hydrogens (primary N) is 1. The highest BCUT2D eigenvalue weighted by molar-refractivity contribution is 4.73. The first-order valence-corrected chi connectivity index (χ1v) is 5.31. The first-order valence-electron chi connectivity index (χ1n) is 5.31. The molecule has 2 N–H and O–H groups in total. The van der Waals surface area contributed by atoms with E-state index in [-0.39, 0.29) is 12.2 Å². The number of halogens is 3. The van der Waals surface area contributed by atoms with E-state index < -0.39 is 12.8 Å². The van der Waals surface area contributed by atoms with Crippen molar-refractivity contribution in [3.05, 3.63) is 0 Å². The van der Waals surface area contributed by atoms with Gasteiger partial charge in [0.05, 0.1) is 5.60 Å². The molecular weight excluding hydrogens is 223 g/mol. The maximum Gasteiger partial charge on any atom is 0.411 e. The molecule has 0 amide bonds. The molecule has 0 aliphatic carbocycles. The lowest BCUT2D eigenvalue weighted by molar-refractivity contribution is -0.175. The average molecular weight is 243 g/mol. The van der Waals surface area contributed by atoms with Crippen LogP contribution in [-0.4, -0.2) is 38.1 Å². The molecule has 0 aromatic carbocycles. The van der Waals surface area contributed by atoms with Crippen LogP contribution in [0, 0.1) is 0 Å². The van der Waals surface area contributed by atoms with Gasteiger partial charge in [-0.25, -0.2) is 0 Å². The molecule has 3 nitrogen and oxygen atoms in total. The zero-order chi connectivity index (χ0) is 12.7. The van der Waals surface area contributed by atoms with Crippen molar-refractivity contribution in [2.75, 3.05) is 26.4 Å². The summed E-state index contributed by atoms with van der Waals surface area (Å²) in [6.07, 6.45) is -3.05. The van der Waals surface area contributed by atoms with Gasteiger partial charge >= 0.3 is 6.18 Å². The van der Waals surface area contributed by atoms with E-state index in [1.165, 1.54) is 0 Å². The fourth-order valence-electron chi connectivity index (χ4n) is 0.973. The van der Waals surface area contributed by atoms with Crippen LogP contribution in [0.3, 0.4) is 0 Å². The SMILES string of the molecule is CCC(C)(CN)OCCCOCC(F)(F)F. The van der Waals surface area contributed by atoms with E-state index in [4.69, 9.17) is 10.5 Å². The highest BCUT2D eigenvalue weighted by Gasteiger charge is 2.27. The largest absolute Gasteiger partial charge is 0.411 e. The fourth-order valence-corrected chi connectivity index (χ4v) is 0.973. The van der Waals surface area contributed by atoms with E-state index in [0.29, 0.717) is 19.6 Å². The van der Waals surface area contributed by atoms with Gasteiger partial charge in [0.25, 0.3) is 0 Å². The number of ether oxygens (including phenoxy) is 2. The fraction of sp³-hybridized carbons (Fsp3) is 1.00. The van der Waals surface area contributed by atoms with Gasteiger partial charge in [-0.3, -0.25) is 0 Å². The van der Waals surface area contributed by atoms with Gasteiger partial charge in [-0.15, -0.1) is 0 Å². The molecule has 98 valence electrons. The van der Waals surface area contributed by atoms with Gasteiger partial charge < -0.3 is 15.2 Å². The summed E-state index contributed by atoms with van der Waals surface area (Å²) in [6, 6.07) is 0. The normalized spacial score (nSPS) is 16.1. The molecule has 0 spiro atoms. The lowest BCUT2D eigenvalue weighted by atomic mass is 10.0. The van der Waals surface area contributed by atoms with Gasteiger partial charge in [0.15, 0.2) is 0 Å². The zero-order valence-corrected chi connectivity index (χ0v) is 9.77. The molecule has 0 aromatic rings. The molecule has 0 fully saturated rings. The Kier molecular flexibility index (Phi) is 6.94. The second-order valence-corrected chi connectivity index (χ2v) is 3.88. The lowest BCUT2D eigenvalue weighted by Gasteiger charge is -2.26. The van der Waals surface area contributed by atoms with Crippen molar-refractivity contribution >= 4 is 0 Å². The summed E-state index contributed by atoms with van der Waals surface area (Å²) in [4.78, 5) is 0. The Morgan fingerprint density at radius 1 is 1.19 bits per heavy atom. The van der Waals surface area contributed by atoms with Crippen molar-refractivity contribution < 1.29 is 22.6 Å².